The fraction of sp³-hybridized carbons (Fsp3) is 0.0667. The van der Waals surface area contributed by atoms with Gasteiger partial charge < -0.3 is 10.6 Å². The lowest BCUT2D eigenvalue weighted by Crippen LogP contribution is -2.32. The number of nitro benzene ring substituents is 1. The van der Waals surface area contributed by atoms with E-state index in [-0.39, 0.29) is 28.5 Å². The smallest absolute Gasteiger partial charge is 0.270 e. The molecule has 0 aliphatic heterocycles. The van der Waals surface area contributed by atoms with Gasteiger partial charge in [-0.15, -0.1) is 0 Å². The molecule has 2 aromatic rings. The van der Waals surface area contributed by atoms with Crippen LogP contribution in [0.15, 0.2) is 42.5 Å². The molecule has 7 nitrogen and oxygen atoms in total. The highest BCUT2D eigenvalue weighted by Gasteiger charge is 2.12. The van der Waals surface area contributed by atoms with Crippen LogP contribution < -0.4 is 10.6 Å². The number of benzene rings is 2. The zero-order valence-electron chi connectivity index (χ0n) is 12.1. The van der Waals surface area contributed by atoms with Gasteiger partial charge in [0.25, 0.3) is 11.6 Å². The molecule has 0 heterocycles. The van der Waals surface area contributed by atoms with Gasteiger partial charge in [0.2, 0.25) is 5.91 Å². The number of hydrogen-bond acceptors (Lipinski definition) is 4. The van der Waals surface area contributed by atoms with Crippen molar-refractivity contribution in [2.45, 2.75) is 0 Å². The summed E-state index contributed by atoms with van der Waals surface area (Å²) in [4.78, 5) is 33.7. The first-order chi connectivity index (χ1) is 11.4. The van der Waals surface area contributed by atoms with Gasteiger partial charge in [-0.1, -0.05) is 17.7 Å². The largest absolute Gasteiger partial charge is 0.343 e. The van der Waals surface area contributed by atoms with Crippen molar-refractivity contribution in [2.75, 3.05) is 11.9 Å². The molecule has 0 bridgehead atoms. The van der Waals surface area contributed by atoms with Crippen LogP contribution in [0.5, 0.6) is 0 Å². The SMILES string of the molecule is O=C(CNC(=O)c1cccc([N+](=O)[O-])c1)Nc1ccc(F)c(Cl)c1. The summed E-state index contributed by atoms with van der Waals surface area (Å²) < 4.78 is 13.0. The molecule has 124 valence electrons. The molecular weight excluding hydrogens is 341 g/mol. The van der Waals surface area contributed by atoms with Gasteiger partial charge in [0.1, 0.15) is 5.82 Å². The molecule has 0 atom stereocenters. The first kappa shape index (κ1) is 17.4. The molecule has 24 heavy (non-hydrogen) atoms. The second-order valence-corrected chi connectivity index (χ2v) is 5.07. The van der Waals surface area contributed by atoms with Crippen molar-refractivity contribution in [1.29, 1.82) is 0 Å². The molecule has 2 aromatic carbocycles. The van der Waals surface area contributed by atoms with Gasteiger partial charge in [-0.2, -0.15) is 0 Å². The molecule has 0 aliphatic carbocycles. The van der Waals surface area contributed by atoms with Crippen LogP contribution in [0.2, 0.25) is 5.02 Å². The van der Waals surface area contributed by atoms with Crippen LogP contribution in [0, 0.1) is 15.9 Å². The monoisotopic (exact) mass is 351 g/mol. The molecule has 0 radical (unpaired) electrons. The Morgan fingerprint density at radius 3 is 2.62 bits per heavy atom. The summed E-state index contributed by atoms with van der Waals surface area (Å²) in [6.07, 6.45) is 0. The third-order valence-corrected chi connectivity index (χ3v) is 3.22. The average Bonchev–Trinajstić information content (AvgIpc) is 2.56. The summed E-state index contributed by atoms with van der Waals surface area (Å²) in [6.45, 7) is -0.365. The van der Waals surface area contributed by atoms with E-state index >= 15 is 0 Å². The van der Waals surface area contributed by atoms with Crippen LogP contribution in [0.3, 0.4) is 0 Å². The topological polar surface area (TPSA) is 101 Å². The van der Waals surface area contributed by atoms with E-state index in [1.807, 2.05) is 0 Å². The van der Waals surface area contributed by atoms with Crippen molar-refractivity contribution in [2.24, 2.45) is 0 Å². The molecule has 0 aliphatic rings. The van der Waals surface area contributed by atoms with Crippen LogP contribution in [-0.4, -0.2) is 23.3 Å². The zero-order chi connectivity index (χ0) is 17.7. The number of carbonyl (C=O) groups excluding carboxylic acids is 2. The van der Waals surface area contributed by atoms with E-state index < -0.39 is 22.6 Å². The molecule has 9 heteroatoms. The predicted molar refractivity (Wildman–Crippen MR) is 85.5 cm³/mol. The fourth-order valence-corrected chi connectivity index (χ4v) is 1.98. The summed E-state index contributed by atoms with van der Waals surface area (Å²) >= 11 is 5.59. The number of rotatable bonds is 5. The number of nitro groups is 1. The minimum Gasteiger partial charge on any atom is -0.343 e. The highest BCUT2D eigenvalue weighted by molar-refractivity contribution is 6.31. The van der Waals surface area contributed by atoms with Crippen LogP contribution in [-0.2, 0) is 4.79 Å². The highest BCUT2D eigenvalue weighted by Crippen LogP contribution is 2.19. The van der Waals surface area contributed by atoms with E-state index in [1.165, 1.54) is 30.3 Å². The number of anilines is 1. The predicted octanol–water partition coefficient (Wildman–Crippen LogP) is 2.76. The van der Waals surface area contributed by atoms with E-state index in [4.69, 9.17) is 11.6 Å². The van der Waals surface area contributed by atoms with Gasteiger partial charge in [0.05, 0.1) is 16.5 Å². The lowest BCUT2D eigenvalue weighted by atomic mass is 10.2. The molecule has 0 saturated carbocycles. The van der Waals surface area contributed by atoms with Crippen molar-refractivity contribution in [1.82, 2.24) is 5.32 Å². The van der Waals surface area contributed by atoms with Crippen molar-refractivity contribution < 1.29 is 18.9 Å². The van der Waals surface area contributed by atoms with Crippen molar-refractivity contribution in [3.63, 3.8) is 0 Å². The fourth-order valence-electron chi connectivity index (χ4n) is 1.80. The number of carbonyl (C=O) groups is 2. The average molecular weight is 352 g/mol. The zero-order valence-corrected chi connectivity index (χ0v) is 12.8. The molecule has 0 spiro atoms. The Morgan fingerprint density at radius 1 is 1.21 bits per heavy atom. The highest BCUT2D eigenvalue weighted by atomic mass is 35.5. The Labute approximate surface area is 140 Å². The first-order valence-corrected chi connectivity index (χ1v) is 7.02. The number of nitrogens with zero attached hydrogens (tertiary/aromatic N) is 1. The van der Waals surface area contributed by atoms with Gasteiger partial charge in [0, 0.05) is 23.4 Å². The quantitative estimate of drug-likeness (QED) is 0.638. The summed E-state index contributed by atoms with van der Waals surface area (Å²) in [5.74, 6) is -1.81. The molecule has 2 N–H and O–H groups in total. The Morgan fingerprint density at radius 2 is 1.96 bits per heavy atom. The molecule has 2 rings (SSSR count). The van der Waals surface area contributed by atoms with Gasteiger partial charge in [-0.25, -0.2) is 4.39 Å². The molecular formula is C15H11ClFN3O4. The van der Waals surface area contributed by atoms with E-state index in [0.717, 1.165) is 12.1 Å². The van der Waals surface area contributed by atoms with Gasteiger partial charge in [-0.05, 0) is 24.3 Å². The number of hydrogen-bond donors (Lipinski definition) is 2. The number of nitrogens with one attached hydrogen (secondary N) is 2. The standard InChI is InChI=1S/C15H11ClFN3O4/c16-12-7-10(4-5-13(12)17)19-14(21)8-18-15(22)9-2-1-3-11(6-9)20(23)24/h1-7H,8H2,(H,18,22)(H,19,21). The maximum Gasteiger partial charge on any atom is 0.270 e. The van der Waals surface area contributed by atoms with Crippen molar-refractivity contribution in [3.8, 4) is 0 Å². The Balaban J connectivity index is 1.93. The maximum atomic E-state index is 13.0. The minimum atomic E-state index is -0.633. The molecule has 0 saturated heterocycles. The van der Waals surface area contributed by atoms with Gasteiger partial charge >= 0.3 is 0 Å². The van der Waals surface area contributed by atoms with Gasteiger partial charge in [-0.3, -0.25) is 19.7 Å². The second kappa shape index (κ2) is 7.51. The van der Waals surface area contributed by atoms with E-state index in [1.54, 1.807) is 0 Å². The van der Waals surface area contributed by atoms with Crippen LogP contribution in [0.4, 0.5) is 15.8 Å². The molecule has 2 amide bonds. The molecule has 0 unspecified atom stereocenters. The lowest BCUT2D eigenvalue weighted by molar-refractivity contribution is -0.384. The Hall–Kier alpha value is -3.00. The lowest BCUT2D eigenvalue weighted by Gasteiger charge is -2.07. The summed E-state index contributed by atoms with van der Waals surface area (Å²) in [6, 6.07) is 8.76. The second-order valence-electron chi connectivity index (χ2n) is 4.67. The molecule has 0 fully saturated rings. The third kappa shape index (κ3) is 4.50. The third-order valence-electron chi connectivity index (χ3n) is 2.93. The van der Waals surface area contributed by atoms with E-state index in [2.05, 4.69) is 10.6 Å². The first-order valence-electron chi connectivity index (χ1n) is 6.64. The summed E-state index contributed by atoms with van der Waals surface area (Å²) in [7, 11) is 0. The Kier molecular flexibility index (Phi) is 5.43. The molecule has 0 aromatic heterocycles. The minimum absolute atomic E-state index is 0.0572. The summed E-state index contributed by atoms with van der Waals surface area (Å²) in [5.41, 5.74) is 0.103. The number of halogens is 2. The van der Waals surface area contributed by atoms with Gasteiger partial charge in [0.15, 0.2) is 0 Å². The summed E-state index contributed by atoms with van der Waals surface area (Å²) in [5, 5.41) is 15.3. The van der Waals surface area contributed by atoms with Crippen LogP contribution in [0.25, 0.3) is 0 Å². The van der Waals surface area contributed by atoms with E-state index in [0.29, 0.717) is 0 Å². The van der Waals surface area contributed by atoms with Crippen LogP contribution >= 0.6 is 11.6 Å². The van der Waals surface area contributed by atoms with Crippen molar-refractivity contribution in [3.05, 3.63) is 69.0 Å². The Bertz CT molecular complexity index is 813. The van der Waals surface area contributed by atoms with Crippen molar-refractivity contribution >= 4 is 34.8 Å². The number of amides is 2. The maximum absolute atomic E-state index is 13.0. The normalized spacial score (nSPS) is 10.1. The van der Waals surface area contributed by atoms with E-state index in [9.17, 15) is 24.1 Å². The number of non-ortho nitro benzene ring substituents is 1. The van der Waals surface area contributed by atoms with Crippen LogP contribution in [0.1, 0.15) is 10.4 Å².